The molecule has 2 saturated heterocycles. The monoisotopic (exact) mass is 199 g/mol. The lowest BCUT2D eigenvalue weighted by atomic mass is 9.68. The van der Waals surface area contributed by atoms with Gasteiger partial charge in [0.05, 0.1) is 12.6 Å². The maximum Gasteiger partial charge on any atom is 0.153 e. The van der Waals surface area contributed by atoms with Crippen LogP contribution in [0, 0.1) is 11.8 Å². The molecule has 3 fully saturated rings. The Hall–Kier alpha value is -0.810. The second-order valence-corrected chi connectivity index (χ2v) is 4.24. The van der Waals surface area contributed by atoms with Crippen LogP contribution in [0.1, 0.15) is 6.42 Å². The summed E-state index contributed by atoms with van der Waals surface area (Å²) >= 11 is 0. The van der Waals surface area contributed by atoms with Crippen LogP contribution in [-0.2, 0) is 4.74 Å². The Balaban J connectivity index is 1.85. The normalized spacial score (nSPS) is 38.1. The summed E-state index contributed by atoms with van der Waals surface area (Å²) in [5.41, 5.74) is 5.46. The number of oxime groups is 1. The fourth-order valence-electron chi connectivity index (χ4n) is 2.72. The Morgan fingerprint density at radius 2 is 2.21 bits per heavy atom. The number of nitrogens with two attached hydrogens (primary N) is 1. The van der Waals surface area contributed by atoms with Crippen LogP contribution in [0.2, 0.25) is 0 Å². The molecule has 2 aliphatic heterocycles. The predicted octanol–water partition coefficient (Wildman–Crippen LogP) is -0.300. The molecule has 5 nitrogen and oxygen atoms in total. The van der Waals surface area contributed by atoms with E-state index >= 15 is 0 Å². The lowest BCUT2D eigenvalue weighted by molar-refractivity contribution is -0.124. The molecule has 2 bridgehead atoms. The van der Waals surface area contributed by atoms with Crippen LogP contribution in [0.15, 0.2) is 5.16 Å². The number of nitrogens with zero attached hydrogens (tertiary/aromatic N) is 2. The van der Waals surface area contributed by atoms with Gasteiger partial charge in [0.2, 0.25) is 0 Å². The Morgan fingerprint density at radius 3 is 2.71 bits per heavy atom. The van der Waals surface area contributed by atoms with E-state index in [1.165, 1.54) is 6.42 Å². The van der Waals surface area contributed by atoms with Gasteiger partial charge in [-0.3, -0.25) is 4.90 Å². The van der Waals surface area contributed by atoms with Gasteiger partial charge in [-0.25, -0.2) is 0 Å². The molecule has 1 aliphatic carbocycles. The maximum absolute atomic E-state index is 8.45. The molecule has 3 aliphatic rings. The van der Waals surface area contributed by atoms with Crippen molar-refractivity contribution in [3.63, 3.8) is 0 Å². The number of methoxy groups -OCH3 is 1. The highest BCUT2D eigenvalue weighted by Gasteiger charge is 2.46. The van der Waals surface area contributed by atoms with E-state index < -0.39 is 0 Å². The number of hydrogen-bond acceptors (Lipinski definition) is 4. The van der Waals surface area contributed by atoms with Crippen molar-refractivity contribution >= 4 is 5.84 Å². The van der Waals surface area contributed by atoms with E-state index in [0.717, 1.165) is 13.1 Å². The Kier molecular flexibility index (Phi) is 2.60. The first-order valence-electron chi connectivity index (χ1n) is 4.96. The highest BCUT2D eigenvalue weighted by molar-refractivity contribution is 5.81. The predicted molar refractivity (Wildman–Crippen MR) is 52.2 cm³/mol. The van der Waals surface area contributed by atoms with Crippen molar-refractivity contribution in [3.8, 4) is 0 Å². The van der Waals surface area contributed by atoms with Gasteiger partial charge in [0.15, 0.2) is 5.84 Å². The molecule has 0 aromatic heterocycles. The standard InChI is InChI=1S/C9H17N3O2/c1-14-9-6-2-7(9)4-12(3-6)5-8(10)11-13/h6-7,9,13H,2-5H2,1H3,(H2,10,11). The van der Waals surface area contributed by atoms with Gasteiger partial charge in [0, 0.05) is 20.2 Å². The molecule has 2 heterocycles. The van der Waals surface area contributed by atoms with E-state index in [4.69, 9.17) is 15.7 Å². The molecule has 3 rings (SSSR count). The maximum atomic E-state index is 8.45. The summed E-state index contributed by atoms with van der Waals surface area (Å²) in [7, 11) is 1.78. The molecule has 1 saturated carbocycles. The minimum atomic E-state index is 0.292. The van der Waals surface area contributed by atoms with Gasteiger partial charge in [-0.05, 0) is 18.3 Å². The van der Waals surface area contributed by atoms with Crippen LogP contribution in [0.25, 0.3) is 0 Å². The number of piperidine rings is 2. The number of ether oxygens (including phenoxy) is 1. The summed E-state index contributed by atoms with van der Waals surface area (Å²) in [5.74, 6) is 1.58. The van der Waals surface area contributed by atoms with E-state index in [-0.39, 0.29) is 0 Å². The fourth-order valence-corrected chi connectivity index (χ4v) is 2.72. The van der Waals surface area contributed by atoms with Crippen molar-refractivity contribution in [1.82, 2.24) is 4.90 Å². The molecule has 0 radical (unpaired) electrons. The number of rotatable bonds is 3. The molecular weight excluding hydrogens is 182 g/mol. The lowest BCUT2D eigenvalue weighted by Crippen LogP contribution is -2.60. The molecular formula is C9H17N3O2. The molecule has 5 heteroatoms. The van der Waals surface area contributed by atoms with Gasteiger partial charge in [-0.15, -0.1) is 0 Å². The topological polar surface area (TPSA) is 71.1 Å². The molecule has 0 amide bonds. The quantitative estimate of drug-likeness (QED) is 0.283. The van der Waals surface area contributed by atoms with Gasteiger partial charge in [-0.2, -0.15) is 0 Å². The van der Waals surface area contributed by atoms with Crippen molar-refractivity contribution in [2.24, 2.45) is 22.7 Å². The third-order valence-corrected chi connectivity index (χ3v) is 3.31. The molecule has 3 N–H and O–H groups in total. The molecule has 0 spiro atoms. The van der Waals surface area contributed by atoms with Crippen LogP contribution in [0.3, 0.4) is 0 Å². The zero-order valence-corrected chi connectivity index (χ0v) is 8.39. The zero-order chi connectivity index (χ0) is 10.1. The van der Waals surface area contributed by atoms with Gasteiger partial charge < -0.3 is 15.7 Å². The first-order valence-corrected chi connectivity index (χ1v) is 4.96. The van der Waals surface area contributed by atoms with Gasteiger partial charge in [0.1, 0.15) is 0 Å². The third kappa shape index (κ3) is 1.57. The average molecular weight is 199 g/mol. The van der Waals surface area contributed by atoms with E-state index in [2.05, 4.69) is 10.1 Å². The molecule has 80 valence electrons. The summed E-state index contributed by atoms with van der Waals surface area (Å²) in [6, 6.07) is 0. The molecule has 2 unspecified atom stereocenters. The van der Waals surface area contributed by atoms with Crippen LogP contribution >= 0.6 is 0 Å². The third-order valence-electron chi connectivity index (χ3n) is 3.31. The van der Waals surface area contributed by atoms with Crippen molar-refractivity contribution in [3.05, 3.63) is 0 Å². The van der Waals surface area contributed by atoms with Crippen LogP contribution < -0.4 is 5.73 Å². The van der Waals surface area contributed by atoms with E-state index in [1.807, 2.05) is 0 Å². The molecule has 0 aromatic carbocycles. The van der Waals surface area contributed by atoms with Crippen molar-refractivity contribution < 1.29 is 9.94 Å². The summed E-state index contributed by atoms with van der Waals surface area (Å²) in [5, 5.41) is 11.4. The number of hydrogen-bond donors (Lipinski definition) is 2. The van der Waals surface area contributed by atoms with Crippen LogP contribution in [0.4, 0.5) is 0 Å². The smallest absolute Gasteiger partial charge is 0.153 e. The summed E-state index contributed by atoms with van der Waals surface area (Å²) in [4.78, 5) is 2.23. The largest absolute Gasteiger partial charge is 0.409 e. The number of amidine groups is 1. The van der Waals surface area contributed by atoms with E-state index in [1.54, 1.807) is 7.11 Å². The lowest BCUT2D eigenvalue weighted by Gasteiger charge is -2.52. The summed E-state index contributed by atoms with van der Waals surface area (Å²) in [6.45, 7) is 2.58. The fraction of sp³-hybridized carbons (Fsp3) is 0.889. The molecule has 14 heavy (non-hydrogen) atoms. The van der Waals surface area contributed by atoms with Crippen molar-refractivity contribution in [1.29, 1.82) is 0 Å². The zero-order valence-electron chi connectivity index (χ0n) is 8.39. The van der Waals surface area contributed by atoms with E-state index in [0.29, 0.717) is 30.3 Å². The van der Waals surface area contributed by atoms with Gasteiger partial charge in [-0.1, -0.05) is 5.16 Å². The van der Waals surface area contributed by atoms with Crippen molar-refractivity contribution in [2.45, 2.75) is 12.5 Å². The number of fused-ring (bicyclic) bond motifs is 2. The molecule has 0 aromatic rings. The highest BCUT2D eigenvalue weighted by atomic mass is 16.5. The second kappa shape index (κ2) is 3.74. The first-order chi connectivity index (χ1) is 6.74. The molecule has 2 atom stereocenters. The average Bonchev–Trinajstić information content (AvgIpc) is 2.18. The Bertz CT molecular complexity index is 232. The van der Waals surface area contributed by atoms with E-state index in [9.17, 15) is 0 Å². The minimum Gasteiger partial charge on any atom is -0.409 e. The summed E-state index contributed by atoms with van der Waals surface area (Å²) < 4.78 is 5.40. The SMILES string of the molecule is COC1C2CC1CN(C/C(N)=N/O)C2. The first kappa shape index (κ1) is 9.73. The van der Waals surface area contributed by atoms with Crippen molar-refractivity contribution in [2.75, 3.05) is 26.7 Å². The second-order valence-electron chi connectivity index (χ2n) is 4.24. The minimum absolute atomic E-state index is 0.292. The Morgan fingerprint density at radius 1 is 1.57 bits per heavy atom. The van der Waals surface area contributed by atoms with Gasteiger partial charge in [0.25, 0.3) is 0 Å². The van der Waals surface area contributed by atoms with Crippen LogP contribution in [-0.4, -0.2) is 48.8 Å². The van der Waals surface area contributed by atoms with Gasteiger partial charge >= 0.3 is 0 Å². The summed E-state index contributed by atoms with van der Waals surface area (Å²) in [6.07, 6.45) is 1.71. The Labute approximate surface area is 83.5 Å². The van der Waals surface area contributed by atoms with Crippen LogP contribution in [0.5, 0.6) is 0 Å². The highest BCUT2D eigenvalue weighted by Crippen LogP contribution is 2.41.